The number of pyridine rings is 1. The van der Waals surface area contributed by atoms with Crippen molar-refractivity contribution in [3.63, 3.8) is 0 Å². The van der Waals surface area contributed by atoms with E-state index < -0.39 is 0 Å². The number of aryl methyl sites for hydroxylation is 2. The monoisotopic (exact) mass is 340 g/mol. The first-order valence-corrected chi connectivity index (χ1v) is 7.75. The summed E-state index contributed by atoms with van der Waals surface area (Å²) in [6.07, 6.45) is 3.18. The van der Waals surface area contributed by atoms with Crippen LogP contribution in [0.4, 0.5) is 0 Å². The lowest BCUT2D eigenvalue weighted by atomic mass is 9.93. The molecule has 1 N–H and O–H groups in total. The molecule has 0 radical (unpaired) electrons. The van der Waals surface area contributed by atoms with E-state index in [-0.39, 0.29) is 5.56 Å². The fourth-order valence-electron chi connectivity index (χ4n) is 3.05. The zero-order chi connectivity index (χ0) is 16.8. The van der Waals surface area contributed by atoms with E-state index in [4.69, 9.17) is 20.5 Å². The number of aromatic nitrogens is 2. The summed E-state index contributed by atoms with van der Waals surface area (Å²) >= 11 is 6.19. The maximum absolute atomic E-state index is 12.8. The molecule has 0 spiro atoms. The minimum Gasteiger partial charge on any atom is -0.472 e. The van der Waals surface area contributed by atoms with Crippen molar-refractivity contribution in [2.24, 2.45) is 0 Å². The molecule has 1 aromatic carbocycles. The van der Waals surface area contributed by atoms with Gasteiger partial charge < -0.3 is 13.9 Å². The number of fused-ring (bicyclic) bond motifs is 1. The van der Waals surface area contributed by atoms with Crippen molar-refractivity contribution in [3.8, 4) is 22.3 Å². The van der Waals surface area contributed by atoms with Crippen LogP contribution in [0.15, 0.2) is 50.5 Å². The summed E-state index contributed by atoms with van der Waals surface area (Å²) in [7, 11) is 0. The van der Waals surface area contributed by atoms with Crippen LogP contribution in [-0.2, 0) is 0 Å². The Hall–Kier alpha value is -2.79. The Morgan fingerprint density at radius 1 is 1.12 bits per heavy atom. The number of nitrogens with one attached hydrogen (secondary N) is 1. The summed E-state index contributed by atoms with van der Waals surface area (Å²) < 4.78 is 10.5. The number of hydrogen-bond acceptors (Lipinski definition) is 4. The van der Waals surface area contributed by atoms with Crippen LogP contribution in [0.2, 0.25) is 5.02 Å². The molecule has 5 nitrogen and oxygen atoms in total. The first-order valence-electron chi connectivity index (χ1n) is 7.37. The summed E-state index contributed by atoms with van der Waals surface area (Å²) in [6, 6.07) is 7.18. The van der Waals surface area contributed by atoms with Gasteiger partial charge in [0.15, 0.2) is 0 Å². The average Bonchev–Trinajstić information content (AvgIpc) is 3.18. The summed E-state index contributed by atoms with van der Waals surface area (Å²) in [5.41, 5.74) is 3.88. The van der Waals surface area contributed by atoms with Gasteiger partial charge in [0.2, 0.25) is 0 Å². The highest BCUT2D eigenvalue weighted by atomic mass is 35.5. The van der Waals surface area contributed by atoms with Gasteiger partial charge >= 0.3 is 0 Å². The molecule has 6 heteroatoms. The van der Waals surface area contributed by atoms with Crippen molar-refractivity contribution in [1.82, 2.24) is 10.1 Å². The van der Waals surface area contributed by atoms with Crippen molar-refractivity contribution in [3.05, 3.63) is 63.6 Å². The number of halogens is 1. The van der Waals surface area contributed by atoms with Crippen LogP contribution in [-0.4, -0.2) is 10.1 Å². The molecule has 0 fully saturated rings. The van der Waals surface area contributed by atoms with Crippen LogP contribution in [0.3, 0.4) is 0 Å². The smallest absolute Gasteiger partial charge is 0.257 e. The Labute approximate surface area is 141 Å². The minimum absolute atomic E-state index is 0.213. The molecule has 4 rings (SSSR count). The number of aromatic amines is 1. The third-order valence-corrected chi connectivity index (χ3v) is 4.30. The maximum Gasteiger partial charge on any atom is 0.257 e. The van der Waals surface area contributed by atoms with Gasteiger partial charge in [-0.3, -0.25) is 4.79 Å². The van der Waals surface area contributed by atoms with Gasteiger partial charge in [0.25, 0.3) is 5.56 Å². The molecule has 3 heterocycles. The molecule has 120 valence electrons. The second-order valence-electron chi connectivity index (χ2n) is 5.61. The van der Waals surface area contributed by atoms with E-state index in [0.29, 0.717) is 33.1 Å². The predicted molar refractivity (Wildman–Crippen MR) is 92.3 cm³/mol. The Balaban J connectivity index is 2.23. The average molecular weight is 341 g/mol. The molecule has 0 amide bonds. The van der Waals surface area contributed by atoms with Crippen molar-refractivity contribution in [2.45, 2.75) is 13.8 Å². The number of nitrogens with zero attached hydrogens (tertiary/aromatic N) is 1. The zero-order valence-electron chi connectivity index (χ0n) is 13.0. The van der Waals surface area contributed by atoms with Gasteiger partial charge in [0.1, 0.15) is 5.76 Å². The van der Waals surface area contributed by atoms with E-state index in [2.05, 4.69) is 10.1 Å². The van der Waals surface area contributed by atoms with Crippen LogP contribution in [0.1, 0.15) is 11.5 Å². The highest BCUT2D eigenvalue weighted by molar-refractivity contribution is 6.31. The first kappa shape index (κ1) is 14.8. The lowest BCUT2D eigenvalue weighted by Gasteiger charge is -2.11. The van der Waals surface area contributed by atoms with Gasteiger partial charge in [0.05, 0.1) is 29.3 Å². The van der Waals surface area contributed by atoms with E-state index in [1.165, 1.54) is 0 Å². The molecule has 0 bridgehead atoms. The van der Waals surface area contributed by atoms with E-state index in [1.54, 1.807) is 31.6 Å². The highest BCUT2D eigenvalue weighted by Gasteiger charge is 2.22. The quantitative estimate of drug-likeness (QED) is 0.573. The topological polar surface area (TPSA) is 72.0 Å². The molecule has 0 saturated heterocycles. The lowest BCUT2D eigenvalue weighted by molar-refractivity contribution is 0.393. The van der Waals surface area contributed by atoms with Gasteiger partial charge in [0, 0.05) is 27.1 Å². The number of H-pyrrole nitrogens is 1. The standard InChI is InChI=1S/C18H13ClN2O3/c1-9-15(10(2)24-21-9)17-16(11-5-6-23-8-11)13-7-12(19)3-4-14(13)20-18(17)22/h3-8H,1-2H3,(H,20,22). The Bertz CT molecular complexity index is 1090. The fourth-order valence-corrected chi connectivity index (χ4v) is 3.22. The van der Waals surface area contributed by atoms with Crippen LogP contribution in [0.25, 0.3) is 33.2 Å². The molecule has 3 aromatic heterocycles. The number of furan rings is 1. The third-order valence-electron chi connectivity index (χ3n) is 4.07. The molecular weight excluding hydrogens is 328 g/mol. The fraction of sp³-hybridized carbons (Fsp3) is 0.111. The Morgan fingerprint density at radius 2 is 1.96 bits per heavy atom. The van der Waals surface area contributed by atoms with Crippen molar-refractivity contribution in [2.75, 3.05) is 0 Å². The molecule has 24 heavy (non-hydrogen) atoms. The van der Waals surface area contributed by atoms with E-state index in [1.807, 2.05) is 19.1 Å². The summed E-state index contributed by atoms with van der Waals surface area (Å²) in [5, 5.41) is 5.40. The largest absolute Gasteiger partial charge is 0.472 e. The van der Waals surface area contributed by atoms with Crippen LogP contribution < -0.4 is 5.56 Å². The summed E-state index contributed by atoms with van der Waals surface area (Å²) in [5.74, 6) is 0.587. The Kier molecular flexibility index (Phi) is 3.32. The minimum atomic E-state index is -0.213. The summed E-state index contributed by atoms with van der Waals surface area (Å²) in [6.45, 7) is 3.60. The number of rotatable bonds is 2. The van der Waals surface area contributed by atoms with E-state index in [0.717, 1.165) is 16.5 Å². The van der Waals surface area contributed by atoms with Crippen LogP contribution >= 0.6 is 11.6 Å². The van der Waals surface area contributed by atoms with Crippen molar-refractivity contribution >= 4 is 22.5 Å². The van der Waals surface area contributed by atoms with Gasteiger partial charge in [-0.1, -0.05) is 16.8 Å². The van der Waals surface area contributed by atoms with Crippen LogP contribution in [0.5, 0.6) is 0 Å². The maximum atomic E-state index is 12.8. The highest BCUT2D eigenvalue weighted by Crippen LogP contribution is 2.38. The molecular formula is C18H13ClN2O3. The van der Waals surface area contributed by atoms with Gasteiger partial charge in [-0.25, -0.2) is 0 Å². The molecule has 0 unspecified atom stereocenters. The summed E-state index contributed by atoms with van der Waals surface area (Å²) in [4.78, 5) is 15.8. The molecule has 4 aromatic rings. The predicted octanol–water partition coefficient (Wildman–Crippen LogP) is 4.71. The molecule has 0 aliphatic heterocycles. The van der Waals surface area contributed by atoms with E-state index >= 15 is 0 Å². The normalized spacial score (nSPS) is 11.3. The number of hydrogen-bond donors (Lipinski definition) is 1. The van der Waals surface area contributed by atoms with Gasteiger partial charge in [-0.2, -0.15) is 0 Å². The van der Waals surface area contributed by atoms with Crippen LogP contribution in [0, 0.1) is 13.8 Å². The Morgan fingerprint density at radius 3 is 2.62 bits per heavy atom. The van der Waals surface area contributed by atoms with Crippen molar-refractivity contribution < 1.29 is 8.94 Å². The second kappa shape index (κ2) is 5.39. The second-order valence-corrected chi connectivity index (χ2v) is 6.04. The molecule has 0 saturated carbocycles. The molecule has 0 aliphatic carbocycles. The first-order chi connectivity index (χ1) is 11.6. The SMILES string of the molecule is Cc1noc(C)c1-c1c(-c2ccoc2)c2cc(Cl)ccc2[nH]c1=O. The van der Waals surface area contributed by atoms with Gasteiger partial charge in [-0.05, 0) is 38.1 Å². The zero-order valence-corrected chi connectivity index (χ0v) is 13.8. The third kappa shape index (κ3) is 2.17. The lowest BCUT2D eigenvalue weighted by Crippen LogP contribution is -2.12. The molecule has 0 atom stereocenters. The van der Waals surface area contributed by atoms with Crippen molar-refractivity contribution in [1.29, 1.82) is 0 Å². The number of benzene rings is 1. The van der Waals surface area contributed by atoms with Gasteiger partial charge in [-0.15, -0.1) is 0 Å². The van der Waals surface area contributed by atoms with E-state index in [9.17, 15) is 4.79 Å². The molecule has 0 aliphatic rings.